The highest BCUT2D eigenvalue weighted by Gasteiger charge is 2.20. The van der Waals surface area contributed by atoms with Gasteiger partial charge >= 0.3 is 0 Å². The van der Waals surface area contributed by atoms with Crippen LogP contribution in [0.5, 0.6) is 11.5 Å². The van der Waals surface area contributed by atoms with Gasteiger partial charge in [-0.2, -0.15) is 0 Å². The molecule has 9 nitrogen and oxygen atoms in total. The molecule has 0 saturated heterocycles. The summed E-state index contributed by atoms with van der Waals surface area (Å²) in [5.74, 6) is 0.118. The van der Waals surface area contributed by atoms with E-state index in [1.807, 2.05) is 19.1 Å². The second-order valence-electron chi connectivity index (χ2n) is 8.72. The van der Waals surface area contributed by atoms with Crippen molar-refractivity contribution in [2.75, 3.05) is 18.5 Å². The first-order valence-corrected chi connectivity index (χ1v) is 12.3. The molecule has 0 atom stereocenters. The summed E-state index contributed by atoms with van der Waals surface area (Å²) >= 11 is 6.01. The molecule has 0 spiro atoms. The quantitative estimate of drug-likeness (QED) is 0.264. The lowest BCUT2D eigenvalue weighted by molar-refractivity contribution is -0.124. The average molecular weight is 535 g/mol. The molecule has 0 unspecified atom stereocenters. The molecule has 0 radical (unpaired) electrons. The summed E-state index contributed by atoms with van der Waals surface area (Å²) in [4.78, 5) is 34.5. The fourth-order valence-corrected chi connectivity index (χ4v) is 3.78. The van der Waals surface area contributed by atoms with Gasteiger partial charge in [-0.05, 0) is 61.0 Å². The van der Waals surface area contributed by atoms with Gasteiger partial charge in [-0.25, -0.2) is 4.98 Å². The van der Waals surface area contributed by atoms with Gasteiger partial charge in [0, 0.05) is 34.6 Å². The zero-order valence-corrected chi connectivity index (χ0v) is 21.4. The van der Waals surface area contributed by atoms with E-state index in [2.05, 4.69) is 15.3 Å². The van der Waals surface area contributed by atoms with Crippen molar-refractivity contribution in [1.82, 2.24) is 14.5 Å². The van der Waals surface area contributed by atoms with Gasteiger partial charge in [0.05, 0.1) is 31.9 Å². The van der Waals surface area contributed by atoms with E-state index >= 15 is 0 Å². The highest BCUT2D eigenvalue weighted by molar-refractivity contribution is 6.30. The van der Waals surface area contributed by atoms with E-state index in [0.717, 1.165) is 11.3 Å². The number of nitrogens with zero attached hydrogens (tertiary/aromatic N) is 3. The Morgan fingerprint density at radius 3 is 2.29 bits per heavy atom. The molecule has 0 aliphatic rings. The Morgan fingerprint density at radius 1 is 0.974 bits per heavy atom. The van der Waals surface area contributed by atoms with Crippen molar-refractivity contribution < 1.29 is 19.7 Å². The van der Waals surface area contributed by atoms with Gasteiger partial charge in [0.1, 0.15) is 17.3 Å². The second-order valence-corrected chi connectivity index (χ2v) is 9.15. The number of hydrogen-bond acceptors (Lipinski definition) is 8. The van der Waals surface area contributed by atoms with E-state index in [0.29, 0.717) is 22.2 Å². The molecule has 2 aromatic heterocycles. The summed E-state index contributed by atoms with van der Waals surface area (Å²) in [6, 6.07) is 17.9. The molecule has 38 heavy (non-hydrogen) atoms. The number of nitrogens with one attached hydrogen (secondary N) is 1. The fourth-order valence-electron chi connectivity index (χ4n) is 3.65. The third-order valence-electron chi connectivity index (χ3n) is 5.86. The maximum absolute atomic E-state index is 13.4. The van der Waals surface area contributed by atoms with Gasteiger partial charge in [0.15, 0.2) is 0 Å². The molecule has 4 aromatic rings. The van der Waals surface area contributed by atoms with Crippen LogP contribution in [0.2, 0.25) is 5.02 Å². The maximum atomic E-state index is 13.4. The summed E-state index contributed by atoms with van der Waals surface area (Å²) in [6.07, 6.45) is 2.74. The predicted octanol–water partition coefficient (Wildman–Crippen LogP) is 3.90. The normalized spacial score (nSPS) is 11.0. The molecule has 3 N–H and O–H groups in total. The van der Waals surface area contributed by atoms with Gasteiger partial charge in [0.2, 0.25) is 5.95 Å². The largest absolute Gasteiger partial charge is 0.456 e. The Kier molecular flexibility index (Phi) is 8.85. The standard InChI is InChI=1S/C28H27ClN4O5/c1-18-2-9-25(14-30-18)38-24-10-7-23(8-11-24)32-28-31-13-20(12-26(36)21(16-34)17-35)27(37)33(28)15-19-3-5-22(29)6-4-19/h2-11,13-14,21,34-35H,12,15-17H2,1H3,(H,31,32). The lowest BCUT2D eigenvalue weighted by atomic mass is 10.0. The number of halogens is 1. The molecular weight excluding hydrogens is 508 g/mol. The molecule has 4 rings (SSSR count). The van der Waals surface area contributed by atoms with Crippen LogP contribution in [0.3, 0.4) is 0 Å². The van der Waals surface area contributed by atoms with Crippen LogP contribution in [0, 0.1) is 12.8 Å². The van der Waals surface area contributed by atoms with Gasteiger partial charge in [-0.1, -0.05) is 23.7 Å². The van der Waals surface area contributed by atoms with Crippen molar-refractivity contribution in [2.45, 2.75) is 19.9 Å². The number of aliphatic hydroxyl groups excluding tert-OH is 2. The van der Waals surface area contributed by atoms with E-state index in [4.69, 9.17) is 16.3 Å². The number of aromatic nitrogens is 3. The third-order valence-corrected chi connectivity index (χ3v) is 6.12. The van der Waals surface area contributed by atoms with Crippen molar-refractivity contribution in [3.63, 3.8) is 0 Å². The van der Waals surface area contributed by atoms with Crippen molar-refractivity contribution in [3.8, 4) is 11.5 Å². The Morgan fingerprint density at radius 2 is 1.66 bits per heavy atom. The van der Waals surface area contributed by atoms with Crippen LogP contribution in [-0.2, 0) is 17.8 Å². The van der Waals surface area contributed by atoms with E-state index < -0.39 is 30.5 Å². The zero-order valence-electron chi connectivity index (χ0n) is 20.7. The molecule has 0 aliphatic heterocycles. The summed E-state index contributed by atoms with van der Waals surface area (Å²) < 4.78 is 7.25. The van der Waals surface area contributed by atoms with Crippen LogP contribution in [-0.4, -0.2) is 43.7 Å². The molecule has 2 aromatic carbocycles. The minimum absolute atomic E-state index is 0.164. The Balaban J connectivity index is 1.60. The molecule has 2 heterocycles. The van der Waals surface area contributed by atoms with Gasteiger partial charge in [-0.15, -0.1) is 0 Å². The van der Waals surface area contributed by atoms with E-state index in [9.17, 15) is 19.8 Å². The van der Waals surface area contributed by atoms with Crippen molar-refractivity contribution in [1.29, 1.82) is 0 Å². The number of ketones is 1. The first-order chi connectivity index (χ1) is 18.4. The van der Waals surface area contributed by atoms with Crippen molar-refractivity contribution in [3.05, 3.63) is 105 Å². The monoisotopic (exact) mass is 534 g/mol. The minimum atomic E-state index is -0.951. The molecule has 0 fully saturated rings. The number of aryl methyl sites for hydroxylation is 1. The number of anilines is 2. The van der Waals surface area contributed by atoms with Gasteiger partial charge in [-0.3, -0.25) is 19.1 Å². The summed E-state index contributed by atoms with van der Waals surface area (Å²) in [7, 11) is 0. The van der Waals surface area contributed by atoms with Crippen LogP contribution in [0.25, 0.3) is 0 Å². The Labute approximate surface area is 224 Å². The smallest absolute Gasteiger partial charge is 0.258 e. The molecule has 196 valence electrons. The number of carbonyl (C=O) groups excluding carboxylic acids is 1. The first kappa shape index (κ1) is 27.0. The number of carbonyl (C=O) groups is 1. The fraction of sp³-hybridized carbons (Fsp3) is 0.214. The molecule has 0 amide bonds. The summed E-state index contributed by atoms with van der Waals surface area (Å²) in [5.41, 5.74) is 2.12. The van der Waals surface area contributed by atoms with Crippen LogP contribution in [0.4, 0.5) is 11.6 Å². The number of rotatable bonds is 11. The van der Waals surface area contributed by atoms with E-state index in [1.54, 1.807) is 54.7 Å². The number of benzene rings is 2. The average Bonchev–Trinajstić information content (AvgIpc) is 2.92. The molecular formula is C28H27ClN4O5. The van der Waals surface area contributed by atoms with Crippen LogP contribution >= 0.6 is 11.6 Å². The number of pyridine rings is 1. The Bertz CT molecular complexity index is 1430. The summed E-state index contributed by atoms with van der Waals surface area (Å²) in [5, 5.41) is 22.4. The molecule has 0 aliphatic carbocycles. The number of Topliss-reactive ketones (excluding diaryl/α,β-unsaturated/α-hetero) is 1. The SMILES string of the molecule is Cc1ccc(Oc2ccc(Nc3ncc(CC(=O)C(CO)CO)c(=O)n3Cc3ccc(Cl)cc3)cc2)cn1. The van der Waals surface area contributed by atoms with Gasteiger partial charge in [0.25, 0.3) is 5.56 Å². The molecule has 10 heteroatoms. The maximum Gasteiger partial charge on any atom is 0.258 e. The van der Waals surface area contributed by atoms with Crippen molar-refractivity contribution >= 4 is 29.0 Å². The lowest BCUT2D eigenvalue weighted by Crippen LogP contribution is -2.31. The minimum Gasteiger partial charge on any atom is -0.456 e. The second kappa shape index (κ2) is 12.5. The number of aliphatic hydroxyl groups is 2. The highest BCUT2D eigenvalue weighted by Crippen LogP contribution is 2.24. The predicted molar refractivity (Wildman–Crippen MR) is 144 cm³/mol. The number of hydrogen-bond donors (Lipinski definition) is 3. The molecule has 0 bridgehead atoms. The first-order valence-electron chi connectivity index (χ1n) is 11.9. The third kappa shape index (κ3) is 6.83. The summed E-state index contributed by atoms with van der Waals surface area (Å²) in [6.45, 7) is 1.08. The molecule has 0 saturated carbocycles. The highest BCUT2D eigenvalue weighted by atomic mass is 35.5. The Hall–Kier alpha value is -4.05. The van der Waals surface area contributed by atoms with Crippen LogP contribution < -0.4 is 15.6 Å². The zero-order chi connectivity index (χ0) is 27.1. The van der Waals surface area contributed by atoms with Gasteiger partial charge < -0.3 is 20.3 Å². The van der Waals surface area contributed by atoms with E-state index in [1.165, 1.54) is 10.8 Å². The topological polar surface area (TPSA) is 127 Å². The number of ether oxygens (including phenoxy) is 1. The van der Waals surface area contributed by atoms with Crippen LogP contribution in [0.1, 0.15) is 16.8 Å². The van der Waals surface area contributed by atoms with Crippen LogP contribution in [0.15, 0.2) is 77.9 Å². The van der Waals surface area contributed by atoms with Crippen molar-refractivity contribution in [2.24, 2.45) is 5.92 Å². The van der Waals surface area contributed by atoms with E-state index in [-0.39, 0.29) is 24.5 Å². The lowest BCUT2D eigenvalue weighted by Gasteiger charge is -2.16.